The first-order valence-electron chi connectivity index (χ1n) is 7.83. The fourth-order valence-corrected chi connectivity index (χ4v) is 3.70. The molecule has 3 rings (SSSR count). The number of rotatable bonds is 5. The van der Waals surface area contributed by atoms with Crippen molar-refractivity contribution in [3.8, 4) is 11.8 Å². The first-order valence-corrected chi connectivity index (χ1v) is 7.83. The molecule has 0 aliphatic carbocycles. The maximum atomic E-state index is 9.80. The number of benzene rings is 1. The number of nitriles is 1. The van der Waals surface area contributed by atoms with Gasteiger partial charge >= 0.3 is 0 Å². The smallest absolute Gasteiger partial charge is 0.120 e. The third kappa shape index (κ3) is 3.37. The van der Waals surface area contributed by atoms with Gasteiger partial charge in [0.1, 0.15) is 5.75 Å². The van der Waals surface area contributed by atoms with Crippen molar-refractivity contribution in [2.75, 3.05) is 13.2 Å². The second-order valence-electron chi connectivity index (χ2n) is 6.09. The van der Waals surface area contributed by atoms with Crippen molar-refractivity contribution in [3.63, 3.8) is 0 Å². The molecule has 2 atom stereocenters. The molecule has 1 aromatic rings. The van der Waals surface area contributed by atoms with Gasteiger partial charge < -0.3 is 9.84 Å². The lowest BCUT2D eigenvalue weighted by molar-refractivity contribution is 0.0331. The van der Waals surface area contributed by atoms with Gasteiger partial charge in [-0.05, 0) is 50.3 Å². The molecule has 4 heteroatoms. The largest absolute Gasteiger partial charge is 0.494 e. The Morgan fingerprint density at radius 3 is 2.76 bits per heavy atom. The Balaban J connectivity index is 1.44. The van der Waals surface area contributed by atoms with Crippen molar-refractivity contribution in [2.45, 2.75) is 50.3 Å². The van der Waals surface area contributed by atoms with Gasteiger partial charge in [0, 0.05) is 18.6 Å². The van der Waals surface area contributed by atoms with E-state index in [-0.39, 0.29) is 6.10 Å². The summed E-state index contributed by atoms with van der Waals surface area (Å²) in [7, 11) is 0. The van der Waals surface area contributed by atoms with Crippen LogP contribution in [-0.4, -0.2) is 41.3 Å². The highest BCUT2D eigenvalue weighted by molar-refractivity contribution is 5.36. The molecule has 2 saturated heterocycles. The average Bonchev–Trinajstić information content (AvgIpc) is 2.74. The topological polar surface area (TPSA) is 56.5 Å². The predicted octanol–water partition coefficient (Wildman–Crippen LogP) is 2.31. The van der Waals surface area contributed by atoms with Crippen molar-refractivity contribution in [1.29, 1.82) is 5.26 Å². The Kier molecular flexibility index (Phi) is 4.42. The van der Waals surface area contributed by atoms with Gasteiger partial charge in [-0.1, -0.05) is 6.07 Å². The zero-order valence-electron chi connectivity index (χ0n) is 12.2. The minimum absolute atomic E-state index is 0.0938. The molecule has 2 unspecified atom stereocenters. The fraction of sp³-hybridized carbons (Fsp3) is 0.588. The normalized spacial score (nSPS) is 28.3. The third-order valence-electron chi connectivity index (χ3n) is 4.65. The molecule has 4 nitrogen and oxygen atoms in total. The summed E-state index contributed by atoms with van der Waals surface area (Å²) < 4.78 is 5.72. The molecule has 0 saturated carbocycles. The maximum absolute atomic E-state index is 9.80. The van der Waals surface area contributed by atoms with Gasteiger partial charge in [-0.15, -0.1) is 0 Å². The minimum Gasteiger partial charge on any atom is -0.494 e. The lowest BCUT2D eigenvalue weighted by atomic mass is 10.00. The third-order valence-corrected chi connectivity index (χ3v) is 4.65. The van der Waals surface area contributed by atoms with Gasteiger partial charge in [0.25, 0.3) is 0 Å². The zero-order chi connectivity index (χ0) is 14.7. The van der Waals surface area contributed by atoms with Crippen molar-refractivity contribution in [2.24, 2.45) is 0 Å². The Morgan fingerprint density at radius 2 is 2.05 bits per heavy atom. The van der Waals surface area contributed by atoms with E-state index in [9.17, 15) is 5.11 Å². The van der Waals surface area contributed by atoms with Crippen LogP contribution in [0.2, 0.25) is 0 Å². The van der Waals surface area contributed by atoms with Gasteiger partial charge in [-0.3, -0.25) is 4.90 Å². The molecular weight excluding hydrogens is 264 g/mol. The van der Waals surface area contributed by atoms with E-state index in [1.807, 2.05) is 12.1 Å². The monoisotopic (exact) mass is 286 g/mol. The lowest BCUT2D eigenvalue weighted by Gasteiger charge is -2.37. The Morgan fingerprint density at radius 1 is 1.29 bits per heavy atom. The highest BCUT2D eigenvalue weighted by Gasteiger charge is 2.39. The van der Waals surface area contributed by atoms with Gasteiger partial charge in [0.15, 0.2) is 0 Å². The average molecular weight is 286 g/mol. The number of hydrogen-bond donors (Lipinski definition) is 1. The van der Waals surface area contributed by atoms with Crippen molar-refractivity contribution in [3.05, 3.63) is 29.8 Å². The molecule has 1 N–H and O–H groups in total. The molecule has 0 aromatic heterocycles. The van der Waals surface area contributed by atoms with Gasteiger partial charge in [0.2, 0.25) is 0 Å². The molecule has 2 bridgehead atoms. The van der Waals surface area contributed by atoms with E-state index in [1.54, 1.807) is 12.1 Å². The summed E-state index contributed by atoms with van der Waals surface area (Å²) in [4.78, 5) is 2.56. The first kappa shape index (κ1) is 14.4. The van der Waals surface area contributed by atoms with E-state index >= 15 is 0 Å². The number of hydrogen-bond acceptors (Lipinski definition) is 4. The summed E-state index contributed by atoms with van der Waals surface area (Å²) in [6, 6.07) is 10.6. The van der Waals surface area contributed by atoms with Gasteiger partial charge in [-0.2, -0.15) is 5.26 Å². The Bertz CT molecular complexity index is 512. The van der Waals surface area contributed by atoms with Crippen molar-refractivity contribution < 1.29 is 9.84 Å². The molecule has 21 heavy (non-hydrogen) atoms. The van der Waals surface area contributed by atoms with E-state index in [0.29, 0.717) is 24.3 Å². The van der Waals surface area contributed by atoms with E-state index in [2.05, 4.69) is 11.0 Å². The summed E-state index contributed by atoms with van der Waals surface area (Å²) in [5.41, 5.74) is 0.635. The number of aliphatic hydroxyl groups excluding tert-OH is 1. The summed E-state index contributed by atoms with van der Waals surface area (Å²) in [5.74, 6) is 0.770. The van der Waals surface area contributed by atoms with Crippen molar-refractivity contribution >= 4 is 0 Å². The van der Waals surface area contributed by atoms with Crippen LogP contribution < -0.4 is 4.74 Å². The summed E-state index contributed by atoms with van der Waals surface area (Å²) in [6.07, 6.45) is 5.21. The molecule has 2 fully saturated rings. The number of aliphatic hydroxyl groups is 1. The molecule has 0 amide bonds. The molecule has 112 valence electrons. The highest BCUT2D eigenvalue weighted by atomic mass is 16.5. The lowest BCUT2D eigenvalue weighted by Crippen LogP contribution is -2.45. The number of ether oxygens (including phenoxy) is 1. The minimum atomic E-state index is -0.0938. The van der Waals surface area contributed by atoms with Crippen LogP contribution in [0.4, 0.5) is 0 Å². The highest BCUT2D eigenvalue weighted by Crippen LogP contribution is 2.35. The van der Waals surface area contributed by atoms with Crippen LogP contribution in [0.1, 0.15) is 37.7 Å². The molecule has 0 spiro atoms. The molecule has 2 aliphatic heterocycles. The molecule has 0 radical (unpaired) electrons. The molecular formula is C17H22N2O2. The summed E-state index contributed by atoms with van der Waals surface area (Å²) in [6.45, 7) is 1.72. The van der Waals surface area contributed by atoms with Crippen LogP contribution in [0.5, 0.6) is 5.75 Å². The number of piperidine rings is 1. The van der Waals surface area contributed by atoms with Crippen LogP contribution in [0.25, 0.3) is 0 Å². The quantitative estimate of drug-likeness (QED) is 0.844. The van der Waals surface area contributed by atoms with Gasteiger partial charge in [-0.25, -0.2) is 0 Å². The zero-order valence-corrected chi connectivity index (χ0v) is 12.2. The fourth-order valence-electron chi connectivity index (χ4n) is 3.70. The summed E-state index contributed by atoms with van der Waals surface area (Å²) >= 11 is 0. The molecule has 2 heterocycles. The number of nitrogens with zero attached hydrogens (tertiary/aromatic N) is 2. The number of fused-ring (bicyclic) bond motifs is 2. The first-order chi connectivity index (χ1) is 10.3. The van der Waals surface area contributed by atoms with Crippen LogP contribution >= 0.6 is 0 Å². The molecule has 2 aliphatic rings. The van der Waals surface area contributed by atoms with Crippen LogP contribution in [-0.2, 0) is 0 Å². The Labute approximate surface area is 125 Å². The predicted molar refractivity (Wildman–Crippen MR) is 80.0 cm³/mol. The standard InChI is InChI=1S/C17H22N2O2/c18-12-13-3-1-4-17(9-13)21-8-2-7-19-14-5-6-15(19)11-16(20)10-14/h1,3-4,9,14-16,20H,2,5-8,10-11H2. The molecule has 1 aromatic carbocycles. The second kappa shape index (κ2) is 6.46. The van der Waals surface area contributed by atoms with Crippen molar-refractivity contribution in [1.82, 2.24) is 4.90 Å². The van der Waals surface area contributed by atoms with Crippen LogP contribution in [0.15, 0.2) is 24.3 Å². The second-order valence-corrected chi connectivity index (χ2v) is 6.09. The van der Waals surface area contributed by atoms with Gasteiger partial charge in [0.05, 0.1) is 24.3 Å². The summed E-state index contributed by atoms with van der Waals surface area (Å²) in [5, 5.41) is 18.7. The Hall–Kier alpha value is -1.57. The van der Waals surface area contributed by atoms with E-state index in [0.717, 1.165) is 31.6 Å². The SMILES string of the molecule is N#Cc1cccc(OCCCN2C3CCC2CC(O)C3)c1. The van der Waals surface area contributed by atoms with E-state index in [4.69, 9.17) is 10.00 Å². The van der Waals surface area contributed by atoms with E-state index < -0.39 is 0 Å². The van der Waals surface area contributed by atoms with Crippen LogP contribution in [0, 0.1) is 11.3 Å². The maximum Gasteiger partial charge on any atom is 0.120 e. The van der Waals surface area contributed by atoms with E-state index in [1.165, 1.54) is 12.8 Å². The van der Waals surface area contributed by atoms with Crippen LogP contribution in [0.3, 0.4) is 0 Å².